The van der Waals surface area contributed by atoms with Gasteiger partial charge in [-0.25, -0.2) is 0 Å². The highest BCUT2D eigenvalue weighted by atomic mass is 32.1. The molecule has 114 valence electrons. The monoisotopic (exact) mass is 301 g/mol. The van der Waals surface area contributed by atoms with E-state index in [0.29, 0.717) is 11.5 Å². The van der Waals surface area contributed by atoms with Crippen LogP contribution in [0.2, 0.25) is 0 Å². The number of fused-ring (bicyclic) bond motifs is 1. The van der Waals surface area contributed by atoms with Gasteiger partial charge in [-0.15, -0.1) is 11.3 Å². The van der Waals surface area contributed by atoms with Gasteiger partial charge in [0.2, 0.25) is 0 Å². The van der Waals surface area contributed by atoms with Gasteiger partial charge in [-0.3, -0.25) is 0 Å². The van der Waals surface area contributed by atoms with E-state index in [1.165, 1.54) is 47.9 Å². The lowest BCUT2D eigenvalue weighted by molar-refractivity contribution is 0.147. The zero-order chi connectivity index (χ0) is 14.9. The highest BCUT2D eigenvalue weighted by Crippen LogP contribution is 2.41. The Morgan fingerprint density at radius 3 is 2.62 bits per heavy atom. The first-order valence-corrected chi connectivity index (χ1v) is 9.20. The highest BCUT2D eigenvalue weighted by Gasteiger charge is 2.31. The van der Waals surface area contributed by atoms with Gasteiger partial charge in [0.15, 0.2) is 0 Å². The quantitative estimate of drug-likeness (QED) is 0.698. The SMILES string of the molecule is CCC(C)(C)C1CCC(Nc2ccc3sccc3c2)CC1. The van der Waals surface area contributed by atoms with Gasteiger partial charge in [-0.05, 0) is 72.0 Å². The molecule has 1 aromatic heterocycles. The fraction of sp³-hybridized carbons (Fsp3) is 0.579. The second-order valence-electron chi connectivity index (χ2n) is 7.21. The summed E-state index contributed by atoms with van der Waals surface area (Å²) in [4.78, 5) is 0. The second kappa shape index (κ2) is 6.00. The first-order valence-electron chi connectivity index (χ1n) is 8.32. The molecular weight excluding hydrogens is 274 g/mol. The van der Waals surface area contributed by atoms with Crippen molar-refractivity contribution >= 4 is 27.1 Å². The molecule has 1 fully saturated rings. The van der Waals surface area contributed by atoms with E-state index in [4.69, 9.17) is 0 Å². The fourth-order valence-corrected chi connectivity index (χ4v) is 4.37. The van der Waals surface area contributed by atoms with Gasteiger partial charge in [0, 0.05) is 16.4 Å². The zero-order valence-electron chi connectivity index (χ0n) is 13.5. The lowest BCUT2D eigenvalue weighted by Gasteiger charge is -2.39. The van der Waals surface area contributed by atoms with Crippen molar-refractivity contribution in [3.05, 3.63) is 29.6 Å². The number of nitrogens with one attached hydrogen (secondary N) is 1. The summed E-state index contributed by atoms with van der Waals surface area (Å²) in [7, 11) is 0. The Bertz CT molecular complexity index is 590. The average molecular weight is 301 g/mol. The molecule has 0 saturated heterocycles. The maximum Gasteiger partial charge on any atom is 0.0349 e. The maximum atomic E-state index is 3.76. The average Bonchev–Trinajstić information content (AvgIpc) is 2.95. The van der Waals surface area contributed by atoms with Crippen molar-refractivity contribution in [3.8, 4) is 0 Å². The van der Waals surface area contributed by atoms with Crippen molar-refractivity contribution < 1.29 is 0 Å². The Hall–Kier alpha value is -1.02. The Morgan fingerprint density at radius 2 is 1.90 bits per heavy atom. The predicted octanol–water partition coefficient (Wildman–Crippen LogP) is 6.31. The van der Waals surface area contributed by atoms with Crippen LogP contribution in [0.3, 0.4) is 0 Å². The van der Waals surface area contributed by atoms with E-state index >= 15 is 0 Å². The van der Waals surface area contributed by atoms with Crippen LogP contribution in [-0.4, -0.2) is 6.04 Å². The molecule has 2 heteroatoms. The van der Waals surface area contributed by atoms with Gasteiger partial charge in [0.25, 0.3) is 0 Å². The van der Waals surface area contributed by atoms with Crippen LogP contribution in [0.5, 0.6) is 0 Å². The largest absolute Gasteiger partial charge is 0.382 e. The normalized spacial score (nSPS) is 23.4. The molecular formula is C19H27NS. The summed E-state index contributed by atoms with van der Waals surface area (Å²) in [6, 6.07) is 9.65. The summed E-state index contributed by atoms with van der Waals surface area (Å²) < 4.78 is 1.38. The van der Waals surface area contributed by atoms with E-state index in [0.717, 1.165) is 5.92 Å². The predicted molar refractivity (Wildman–Crippen MR) is 95.3 cm³/mol. The zero-order valence-corrected chi connectivity index (χ0v) is 14.3. The molecule has 1 saturated carbocycles. The van der Waals surface area contributed by atoms with Gasteiger partial charge in [-0.2, -0.15) is 0 Å². The molecule has 2 aromatic rings. The molecule has 0 unspecified atom stereocenters. The lowest BCUT2D eigenvalue weighted by Crippen LogP contribution is -2.32. The minimum absolute atomic E-state index is 0.514. The molecule has 1 nitrogen and oxygen atoms in total. The Balaban J connectivity index is 1.60. The molecule has 1 aromatic carbocycles. The van der Waals surface area contributed by atoms with Crippen LogP contribution in [0, 0.1) is 11.3 Å². The molecule has 1 aliphatic carbocycles. The summed E-state index contributed by atoms with van der Waals surface area (Å²) in [6.07, 6.45) is 6.68. The van der Waals surface area contributed by atoms with Gasteiger partial charge >= 0.3 is 0 Å². The first kappa shape index (κ1) is 14.9. The van der Waals surface area contributed by atoms with Gasteiger partial charge in [-0.1, -0.05) is 27.2 Å². The Kier molecular flexibility index (Phi) is 4.26. The number of hydrogen-bond donors (Lipinski definition) is 1. The summed E-state index contributed by atoms with van der Waals surface area (Å²) in [6.45, 7) is 7.21. The first-order chi connectivity index (χ1) is 10.1. The van der Waals surface area contributed by atoms with E-state index in [1.807, 2.05) is 11.3 Å². The number of thiophene rings is 1. The van der Waals surface area contributed by atoms with Crippen LogP contribution in [0.15, 0.2) is 29.6 Å². The topological polar surface area (TPSA) is 12.0 Å². The number of hydrogen-bond acceptors (Lipinski definition) is 2. The molecule has 1 aliphatic rings. The van der Waals surface area contributed by atoms with Crippen molar-refractivity contribution in [2.24, 2.45) is 11.3 Å². The molecule has 1 heterocycles. The standard InChI is InChI=1S/C19H27NS/c1-4-19(2,3)15-5-7-16(8-6-15)20-17-9-10-18-14(13-17)11-12-21-18/h9-13,15-16,20H,4-8H2,1-3H3. The summed E-state index contributed by atoms with van der Waals surface area (Å²) in [5.74, 6) is 0.903. The molecule has 0 bridgehead atoms. The molecule has 0 radical (unpaired) electrons. The Morgan fingerprint density at radius 1 is 1.14 bits per heavy atom. The van der Waals surface area contributed by atoms with Crippen molar-refractivity contribution in [1.82, 2.24) is 0 Å². The highest BCUT2D eigenvalue weighted by molar-refractivity contribution is 7.17. The van der Waals surface area contributed by atoms with Crippen LogP contribution in [0.4, 0.5) is 5.69 Å². The Labute approximate surface area is 132 Å². The molecule has 0 spiro atoms. The molecule has 21 heavy (non-hydrogen) atoms. The van der Waals surface area contributed by atoms with E-state index in [-0.39, 0.29) is 0 Å². The lowest BCUT2D eigenvalue weighted by atomic mass is 9.69. The fourth-order valence-electron chi connectivity index (χ4n) is 3.60. The smallest absolute Gasteiger partial charge is 0.0349 e. The van der Waals surface area contributed by atoms with E-state index in [9.17, 15) is 0 Å². The maximum absolute atomic E-state index is 3.76. The van der Waals surface area contributed by atoms with Gasteiger partial charge in [0.1, 0.15) is 0 Å². The molecule has 0 amide bonds. The second-order valence-corrected chi connectivity index (χ2v) is 8.16. The molecule has 0 aliphatic heterocycles. The number of anilines is 1. The van der Waals surface area contributed by atoms with Crippen LogP contribution in [0.25, 0.3) is 10.1 Å². The summed E-state index contributed by atoms with van der Waals surface area (Å²) >= 11 is 1.82. The third-order valence-corrected chi connectivity index (χ3v) is 6.46. The minimum Gasteiger partial charge on any atom is -0.382 e. The third kappa shape index (κ3) is 3.26. The number of rotatable bonds is 4. The van der Waals surface area contributed by atoms with Crippen molar-refractivity contribution in [2.75, 3.05) is 5.32 Å². The molecule has 3 rings (SSSR count). The van der Waals surface area contributed by atoms with Crippen LogP contribution in [0.1, 0.15) is 52.9 Å². The molecule has 1 N–H and O–H groups in total. The minimum atomic E-state index is 0.514. The van der Waals surface area contributed by atoms with Gasteiger partial charge < -0.3 is 5.32 Å². The van der Waals surface area contributed by atoms with E-state index in [2.05, 4.69) is 55.7 Å². The van der Waals surface area contributed by atoms with E-state index in [1.54, 1.807) is 0 Å². The van der Waals surface area contributed by atoms with Crippen LogP contribution in [-0.2, 0) is 0 Å². The third-order valence-electron chi connectivity index (χ3n) is 5.57. The van der Waals surface area contributed by atoms with E-state index < -0.39 is 0 Å². The van der Waals surface area contributed by atoms with Crippen molar-refractivity contribution in [3.63, 3.8) is 0 Å². The van der Waals surface area contributed by atoms with Crippen LogP contribution >= 0.6 is 11.3 Å². The summed E-state index contributed by atoms with van der Waals surface area (Å²) in [5, 5.41) is 7.30. The molecule has 0 atom stereocenters. The van der Waals surface area contributed by atoms with Gasteiger partial charge in [0.05, 0.1) is 0 Å². The summed E-state index contributed by atoms with van der Waals surface area (Å²) in [5.41, 5.74) is 1.81. The number of benzene rings is 1. The van der Waals surface area contributed by atoms with Crippen LogP contribution < -0.4 is 5.32 Å². The van der Waals surface area contributed by atoms with Crippen molar-refractivity contribution in [2.45, 2.75) is 58.9 Å². The van der Waals surface area contributed by atoms with Crippen molar-refractivity contribution in [1.29, 1.82) is 0 Å².